The van der Waals surface area contributed by atoms with Gasteiger partial charge in [-0.05, 0) is 158 Å². The van der Waals surface area contributed by atoms with Gasteiger partial charge in [0.05, 0.1) is 11.2 Å². The van der Waals surface area contributed by atoms with E-state index in [0.717, 1.165) is 0 Å². The third kappa shape index (κ3) is 5.55. The molecule has 0 saturated heterocycles. The molecule has 1 aromatic heterocycles. The fourth-order valence-electron chi connectivity index (χ4n) is 15.4. The molecule has 7 aromatic rings. The van der Waals surface area contributed by atoms with E-state index < -0.39 is 0 Å². The summed E-state index contributed by atoms with van der Waals surface area (Å²) in [6.07, 6.45) is 7.29. The first-order valence-electron chi connectivity index (χ1n) is 26.9. The molecule has 1 fully saturated rings. The molecule has 3 aliphatic carbocycles. The normalized spacial score (nSPS) is 22.8. The van der Waals surface area contributed by atoms with Crippen molar-refractivity contribution in [2.24, 2.45) is 0 Å². The Morgan fingerprint density at radius 1 is 0.529 bits per heavy atom. The van der Waals surface area contributed by atoms with E-state index in [4.69, 9.17) is 0 Å². The van der Waals surface area contributed by atoms with Crippen LogP contribution >= 0.6 is 0 Å². The van der Waals surface area contributed by atoms with Crippen LogP contribution in [0.15, 0.2) is 103 Å². The summed E-state index contributed by atoms with van der Waals surface area (Å²) in [5.74, 6) is 0. The van der Waals surface area contributed by atoms with Gasteiger partial charge in [-0.3, -0.25) is 0 Å². The lowest BCUT2D eigenvalue weighted by Crippen LogP contribution is -2.60. The molecule has 2 atom stereocenters. The summed E-state index contributed by atoms with van der Waals surface area (Å²) in [6, 6.07) is 42.2. The van der Waals surface area contributed by atoms with Crippen molar-refractivity contribution in [1.82, 2.24) is 4.57 Å². The minimum absolute atomic E-state index is 0.0330. The van der Waals surface area contributed by atoms with E-state index in [-0.39, 0.29) is 44.7 Å². The molecule has 70 heavy (non-hydrogen) atoms. The Balaban J connectivity index is 1.15. The number of hydrogen-bond acceptors (Lipinski definition) is 2. The number of fused-ring (bicyclic) bond motifs is 13. The second-order valence-electron chi connectivity index (χ2n) is 27.2. The van der Waals surface area contributed by atoms with Gasteiger partial charge in [-0.1, -0.05) is 170 Å². The highest BCUT2D eigenvalue weighted by molar-refractivity contribution is 7.00. The first-order valence-corrected chi connectivity index (χ1v) is 26.9. The molecule has 356 valence electrons. The topological polar surface area (TPSA) is 11.4 Å². The summed E-state index contributed by atoms with van der Waals surface area (Å²) in [4.78, 5) is 5.59. The van der Waals surface area contributed by atoms with Gasteiger partial charge in [-0.15, -0.1) is 0 Å². The molecule has 3 nitrogen and oxygen atoms in total. The lowest BCUT2D eigenvalue weighted by Gasteiger charge is -2.50. The van der Waals surface area contributed by atoms with E-state index in [1.54, 1.807) is 0 Å². The molecule has 6 aliphatic rings. The second kappa shape index (κ2) is 13.7. The molecule has 0 radical (unpaired) electrons. The van der Waals surface area contributed by atoms with Crippen LogP contribution in [0.4, 0.5) is 28.4 Å². The van der Waals surface area contributed by atoms with Crippen LogP contribution in [0.25, 0.3) is 27.8 Å². The highest BCUT2D eigenvalue weighted by atomic mass is 15.3. The maximum Gasteiger partial charge on any atom is 0.252 e. The molecule has 0 bridgehead atoms. The van der Waals surface area contributed by atoms with Crippen molar-refractivity contribution in [3.05, 3.63) is 148 Å². The van der Waals surface area contributed by atoms with E-state index in [0.29, 0.717) is 0 Å². The Bertz CT molecular complexity index is 3450. The minimum atomic E-state index is -0.137. The average Bonchev–Trinajstić information content (AvgIpc) is 3.85. The van der Waals surface area contributed by atoms with E-state index >= 15 is 0 Å². The fraction of sp³-hybridized carbons (Fsp3) is 0.424. The molecule has 0 N–H and O–H groups in total. The Kier molecular flexibility index (Phi) is 8.72. The largest absolute Gasteiger partial charge is 0.334 e. The average molecular weight is 920 g/mol. The third-order valence-corrected chi connectivity index (χ3v) is 19.8. The number of anilines is 5. The number of nitrogens with zero attached hydrogens (tertiary/aromatic N) is 3. The van der Waals surface area contributed by atoms with Crippen LogP contribution in [0.2, 0.25) is 0 Å². The predicted molar refractivity (Wildman–Crippen MR) is 300 cm³/mol. The van der Waals surface area contributed by atoms with Gasteiger partial charge < -0.3 is 14.4 Å². The van der Waals surface area contributed by atoms with Crippen LogP contribution in [0.5, 0.6) is 0 Å². The van der Waals surface area contributed by atoms with Gasteiger partial charge in [-0.2, -0.15) is 0 Å². The predicted octanol–water partition coefficient (Wildman–Crippen LogP) is 15.5. The monoisotopic (exact) mass is 920 g/mol. The molecule has 4 heterocycles. The van der Waals surface area contributed by atoms with E-state index in [2.05, 4.69) is 221 Å². The van der Waals surface area contributed by atoms with E-state index in [1.807, 2.05) is 0 Å². The highest BCUT2D eigenvalue weighted by Gasteiger charge is 2.58. The van der Waals surface area contributed by atoms with Gasteiger partial charge in [-0.25, -0.2) is 0 Å². The van der Waals surface area contributed by atoms with Crippen molar-refractivity contribution in [2.45, 2.75) is 180 Å². The Morgan fingerprint density at radius 3 is 1.94 bits per heavy atom. The quantitative estimate of drug-likeness (QED) is 0.160. The van der Waals surface area contributed by atoms with Crippen molar-refractivity contribution in [2.75, 3.05) is 9.80 Å². The molecule has 6 aromatic carbocycles. The molecule has 3 aliphatic heterocycles. The summed E-state index contributed by atoms with van der Waals surface area (Å²) in [7, 11) is 0. The van der Waals surface area contributed by atoms with Gasteiger partial charge in [0.15, 0.2) is 0 Å². The van der Waals surface area contributed by atoms with Gasteiger partial charge in [0.2, 0.25) is 0 Å². The summed E-state index contributed by atoms with van der Waals surface area (Å²) in [5.41, 5.74) is 28.0. The third-order valence-electron chi connectivity index (χ3n) is 19.8. The number of aromatic nitrogens is 1. The van der Waals surface area contributed by atoms with E-state index in [9.17, 15) is 0 Å². The van der Waals surface area contributed by atoms with Gasteiger partial charge in [0, 0.05) is 61.4 Å². The molecule has 4 heteroatoms. The number of rotatable bonds is 2. The van der Waals surface area contributed by atoms with Gasteiger partial charge >= 0.3 is 0 Å². The molecule has 1 saturated carbocycles. The Hall–Kier alpha value is -5.48. The smallest absolute Gasteiger partial charge is 0.252 e. The molecule has 13 rings (SSSR count). The first-order chi connectivity index (χ1) is 32.9. The van der Waals surface area contributed by atoms with Crippen LogP contribution in [-0.4, -0.2) is 16.8 Å². The minimum Gasteiger partial charge on any atom is -0.334 e. The van der Waals surface area contributed by atoms with Gasteiger partial charge in [0.25, 0.3) is 6.71 Å². The summed E-state index contributed by atoms with van der Waals surface area (Å²) in [6.45, 7) is 36.9. The van der Waals surface area contributed by atoms with Crippen molar-refractivity contribution < 1.29 is 0 Å². The molecular weight excluding hydrogens is 846 g/mol. The van der Waals surface area contributed by atoms with Gasteiger partial charge in [0.1, 0.15) is 0 Å². The Labute approximate surface area is 419 Å². The zero-order chi connectivity index (χ0) is 49.2. The van der Waals surface area contributed by atoms with Crippen LogP contribution in [-0.2, 0) is 32.5 Å². The number of para-hydroxylation sites is 1. The maximum absolute atomic E-state index is 2.82. The highest BCUT2D eigenvalue weighted by Crippen LogP contribution is 2.62. The van der Waals surface area contributed by atoms with Crippen molar-refractivity contribution in [3.8, 4) is 16.9 Å². The van der Waals surface area contributed by atoms with Crippen molar-refractivity contribution in [3.63, 3.8) is 0 Å². The lowest BCUT2D eigenvalue weighted by molar-refractivity contribution is 0.195. The summed E-state index contributed by atoms with van der Waals surface area (Å²) >= 11 is 0. The van der Waals surface area contributed by atoms with Crippen LogP contribution in [0.1, 0.15) is 180 Å². The molecule has 0 spiro atoms. The molecule has 2 unspecified atom stereocenters. The fourth-order valence-corrected chi connectivity index (χ4v) is 15.4. The SMILES string of the molecule is Cc1cc2c(cc1N1c3cc(N4c5ccc(C(C)(C)C)cc5C5(C)CCCCC45C)ccc3B3c4c1cc(C(C)(C)C)cc4-n1c4c(c5cccc3c51)C(C)(C)c1ccccc1-4)C(C)(C)CCC2(C)C. The number of aryl methyl sites for hydroxylation is 1. The standard InChI is InChI=1S/C66H74BN3/c1-39-33-46-47(63(10,11)32-31-62(46,8)9)38-52(39)68-53-37-42(70-51-28-25-40(60(2,3)4)34-48(51)65(14)29-18-19-30-66(65,70)15)26-27-49(53)67-50-24-20-22-44-56-59(43-21-16-17-23-45(43)64(56,12)13)69(58(44)50)55-36-41(61(5,6)7)35-54(68)57(55)67/h16-17,20-28,33-38H,18-19,29-32H2,1-15H3. The second-order valence-corrected chi connectivity index (χ2v) is 27.2. The number of hydrogen-bond donors (Lipinski definition) is 0. The molecule has 0 amide bonds. The van der Waals surface area contributed by atoms with Crippen molar-refractivity contribution >= 4 is 62.4 Å². The summed E-state index contributed by atoms with van der Waals surface area (Å²) in [5, 5.41) is 1.39. The van der Waals surface area contributed by atoms with Crippen LogP contribution in [0.3, 0.4) is 0 Å². The zero-order valence-electron chi connectivity index (χ0n) is 45.0. The first kappa shape index (κ1) is 44.5. The van der Waals surface area contributed by atoms with E-state index in [1.165, 1.54) is 156 Å². The zero-order valence-corrected chi connectivity index (χ0v) is 45.0. The van der Waals surface area contributed by atoms with Crippen molar-refractivity contribution in [1.29, 1.82) is 0 Å². The van der Waals surface area contributed by atoms with Crippen LogP contribution in [0, 0.1) is 6.92 Å². The summed E-state index contributed by atoms with van der Waals surface area (Å²) < 4.78 is 2.73. The van der Waals surface area contributed by atoms with Crippen LogP contribution < -0.4 is 26.2 Å². The Morgan fingerprint density at radius 2 is 1.21 bits per heavy atom. The molecular formula is C66H74BN3. The number of benzene rings is 6. The lowest BCUT2D eigenvalue weighted by atomic mass is 9.33. The maximum atomic E-state index is 2.82.